The second-order valence-corrected chi connectivity index (χ2v) is 4.56. The first-order valence-corrected chi connectivity index (χ1v) is 6.12. The molecular weight excluding hydrogens is 236 g/mol. The first-order valence-electron chi connectivity index (χ1n) is 6.12. The third kappa shape index (κ3) is 2.71. The van der Waals surface area contributed by atoms with Crippen molar-refractivity contribution in [3.63, 3.8) is 0 Å². The number of aromatic nitrogens is 2. The quantitative estimate of drug-likeness (QED) is 0.842. The molecule has 96 valence electrons. The molecule has 0 unspecified atom stereocenters. The van der Waals surface area contributed by atoms with Gasteiger partial charge in [-0.1, -0.05) is 30.3 Å². The number of rotatable bonds is 3. The lowest BCUT2D eigenvalue weighted by atomic mass is 10.1. The Labute approximate surface area is 113 Å². The van der Waals surface area contributed by atoms with Crippen molar-refractivity contribution in [1.29, 1.82) is 5.26 Å². The van der Waals surface area contributed by atoms with Crippen LogP contribution in [0, 0.1) is 25.2 Å². The summed E-state index contributed by atoms with van der Waals surface area (Å²) in [7, 11) is 1.92. The van der Waals surface area contributed by atoms with Gasteiger partial charge in [0.2, 0.25) is 0 Å². The molecule has 0 atom stereocenters. The Balaban J connectivity index is 2.32. The maximum Gasteiger partial charge on any atom is 0.169 e. The summed E-state index contributed by atoms with van der Waals surface area (Å²) in [5, 5.41) is 17.6. The number of nitriles is 1. The fourth-order valence-corrected chi connectivity index (χ4v) is 1.93. The Morgan fingerprint density at radius 2 is 1.84 bits per heavy atom. The van der Waals surface area contributed by atoms with Crippen LogP contribution in [-0.4, -0.2) is 17.2 Å². The number of aryl methyl sites for hydroxylation is 1. The molecule has 4 heteroatoms. The zero-order valence-electron chi connectivity index (χ0n) is 11.4. The fourth-order valence-electron chi connectivity index (χ4n) is 1.93. The van der Waals surface area contributed by atoms with Crippen molar-refractivity contribution in [2.24, 2.45) is 0 Å². The molecule has 2 aromatic rings. The Hall–Kier alpha value is -2.41. The van der Waals surface area contributed by atoms with E-state index in [9.17, 15) is 5.26 Å². The molecule has 4 nitrogen and oxygen atoms in total. The standard InChI is InChI=1S/C15H16N4/c1-11-12(2)17-18-15(14(11)9-16)19(3)10-13-7-5-4-6-8-13/h4-8H,10H2,1-3H3. The predicted octanol–water partition coefficient (Wildman–Crippen LogP) is 2.60. The SMILES string of the molecule is Cc1nnc(N(C)Cc2ccccc2)c(C#N)c1C. The third-order valence-corrected chi connectivity index (χ3v) is 3.17. The Morgan fingerprint density at radius 1 is 1.16 bits per heavy atom. The van der Waals surface area contributed by atoms with Gasteiger partial charge in [0.05, 0.1) is 5.69 Å². The summed E-state index contributed by atoms with van der Waals surface area (Å²) < 4.78 is 0. The van der Waals surface area contributed by atoms with Crippen LogP contribution < -0.4 is 4.90 Å². The van der Waals surface area contributed by atoms with Gasteiger partial charge in [0.15, 0.2) is 5.82 Å². The monoisotopic (exact) mass is 252 g/mol. The molecule has 0 amide bonds. The van der Waals surface area contributed by atoms with Crippen LogP contribution in [0.2, 0.25) is 0 Å². The Kier molecular flexibility index (Phi) is 3.76. The molecule has 0 bridgehead atoms. The summed E-state index contributed by atoms with van der Waals surface area (Å²) in [6.07, 6.45) is 0. The maximum atomic E-state index is 9.29. The number of anilines is 1. The molecule has 0 N–H and O–H groups in total. The first-order chi connectivity index (χ1) is 9.13. The van der Waals surface area contributed by atoms with Crippen molar-refractivity contribution in [2.45, 2.75) is 20.4 Å². The molecule has 1 aromatic carbocycles. The van der Waals surface area contributed by atoms with Crippen LogP contribution in [0.25, 0.3) is 0 Å². The van der Waals surface area contributed by atoms with Gasteiger partial charge >= 0.3 is 0 Å². The van der Waals surface area contributed by atoms with Crippen LogP contribution in [0.15, 0.2) is 30.3 Å². The van der Waals surface area contributed by atoms with E-state index in [0.29, 0.717) is 17.9 Å². The van der Waals surface area contributed by atoms with Crippen molar-refractivity contribution < 1.29 is 0 Å². The minimum Gasteiger partial charge on any atom is -0.353 e. The van der Waals surface area contributed by atoms with E-state index in [1.165, 1.54) is 5.56 Å². The van der Waals surface area contributed by atoms with E-state index in [0.717, 1.165) is 11.3 Å². The van der Waals surface area contributed by atoms with Gasteiger partial charge < -0.3 is 4.90 Å². The number of nitrogens with zero attached hydrogens (tertiary/aromatic N) is 4. The van der Waals surface area contributed by atoms with Gasteiger partial charge in [0.1, 0.15) is 11.6 Å². The molecule has 0 aliphatic heterocycles. The van der Waals surface area contributed by atoms with Gasteiger partial charge in [-0.3, -0.25) is 0 Å². The molecule has 0 saturated heterocycles. The summed E-state index contributed by atoms with van der Waals surface area (Å²) in [4.78, 5) is 1.95. The van der Waals surface area contributed by atoms with E-state index in [1.54, 1.807) is 0 Å². The molecule has 0 aliphatic rings. The number of benzene rings is 1. The van der Waals surface area contributed by atoms with Crippen molar-refractivity contribution >= 4 is 5.82 Å². The van der Waals surface area contributed by atoms with Crippen molar-refractivity contribution in [2.75, 3.05) is 11.9 Å². The Morgan fingerprint density at radius 3 is 2.47 bits per heavy atom. The van der Waals surface area contributed by atoms with E-state index in [2.05, 4.69) is 28.4 Å². The van der Waals surface area contributed by atoms with Crippen molar-refractivity contribution in [1.82, 2.24) is 10.2 Å². The highest BCUT2D eigenvalue weighted by Crippen LogP contribution is 2.21. The van der Waals surface area contributed by atoms with Crippen molar-refractivity contribution in [3.8, 4) is 6.07 Å². The predicted molar refractivity (Wildman–Crippen MR) is 74.8 cm³/mol. The van der Waals surface area contributed by atoms with E-state index in [1.807, 2.05) is 44.0 Å². The zero-order valence-corrected chi connectivity index (χ0v) is 11.4. The molecule has 0 fully saturated rings. The summed E-state index contributed by atoms with van der Waals surface area (Å²) >= 11 is 0. The van der Waals surface area contributed by atoms with E-state index < -0.39 is 0 Å². The molecule has 1 aromatic heterocycles. The minimum atomic E-state index is 0.603. The van der Waals surface area contributed by atoms with E-state index in [-0.39, 0.29) is 0 Å². The summed E-state index contributed by atoms with van der Waals surface area (Å²) in [6, 6.07) is 12.3. The van der Waals surface area contributed by atoms with Crippen LogP contribution in [0.4, 0.5) is 5.82 Å². The van der Waals surface area contributed by atoms with Crippen LogP contribution >= 0.6 is 0 Å². The number of hydrogen-bond donors (Lipinski definition) is 0. The summed E-state index contributed by atoms with van der Waals surface area (Å²) in [5.41, 5.74) is 3.47. The van der Waals surface area contributed by atoms with Gasteiger partial charge in [-0.25, -0.2) is 0 Å². The van der Waals surface area contributed by atoms with Gasteiger partial charge in [-0.15, -0.1) is 5.10 Å². The lowest BCUT2D eigenvalue weighted by Crippen LogP contribution is -2.20. The highest BCUT2D eigenvalue weighted by Gasteiger charge is 2.14. The highest BCUT2D eigenvalue weighted by molar-refractivity contribution is 5.57. The molecule has 2 rings (SSSR count). The molecule has 0 saturated carbocycles. The highest BCUT2D eigenvalue weighted by atomic mass is 15.2. The van der Waals surface area contributed by atoms with Gasteiger partial charge in [0, 0.05) is 13.6 Å². The molecule has 0 aliphatic carbocycles. The second kappa shape index (κ2) is 5.49. The molecule has 1 heterocycles. The lowest BCUT2D eigenvalue weighted by molar-refractivity contribution is 0.846. The second-order valence-electron chi connectivity index (χ2n) is 4.56. The van der Waals surface area contributed by atoms with Gasteiger partial charge in [0.25, 0.3) is 0 Å². The molecule has 0 radical (unpaired) electrons. The largest absolute Gasteiger partial charge is 0.353 e. The Bertz CT molecular complexity index is 614. The summed E-state index contributed by atoms with van der Waals surface area (Å²) in [5.74, 6) is 0.634. The van der Waals surface area contributed by atoms with Crippen LogP contribution in [0.5, 0.6) is 0 Å². The smallest absolute Gasteiger partial charge is 0.169 e. The van der Waals surface area contributed by atoms with Crippen LogP contribution in [0.1, 0.15) is 22.4 Å². The van der Waals surface area contributed by atoms with Gasteiger partial charge in [-0.05, 0) is 25.0 Å². The average molecular weight is 252 g/mol. The minimum absolute atomic E-state index is 0.603. The van der Waals surface area contributed by atoms with Crippen LogP contribution in [-0.2, 0) is 6.54 Å². The summed E-state index contributed by atoms with van der Waals surface area (Å²) in [6.45, 7) is 4.47. The normalized spacial score (nSPS) is 10.0. The molecule has 19 heavy (non-hydrogen) atoms. The maximum absolute atomic E-state index is 9.29. The first kappa shape index (κ1) is 13.0. The molecular formula is C15H16N4. The topological polar surface area (TPSA) is 52.8 Å². The molecule has 0 spiro atoms. The van der Waals surface area contributed by atoms with Crippen molar-refractivity contribution in [3.05, 3.63) is 52.7 Å². The number of hydrogen-bond acceptors (Lipinski definition) is 4. The van der Waals surface area contributed by atoms with Gasteiger partial charge in [-0.2, -0.15) is 10.4 Å². The zero-order chi connectivity index (χ0) is 13.8. The lowest BCUT2D eigenvalue weighted by Gasteiger charge is -2.19. The van der Waals surface area contributed by atoms with E-state index in [4.69, 9.17) is 0 Å². The fraction of sp³-hybridized carbons (Fsp3) is 0.267. The third-order valence-electron chi connectivity index (χ3n) is 3.17. The average Bonchev–Trinajstić information content (AvgIpc) is 2.42. The van der Waals surface area contributed by atoms with Crippen LogP contribution in [0.3, 0.4) is 0 Å². The van der Waals surface area contributed by atoms with E-state index >= 15 is 0 Å².